The van der Waals surface area contributed by atoms with Crippen LogP contribution >= 0.6 is 0 Å². The molecule has 0 unspecified atom stereocenters. The fourth-order valence-corrected chi connectivity index (χ4v) is 2.25. The highest BCUT2D eigenvalue weighted by Gasteiger charge is 2.19. The van der Waals surface area contributed by atoms with Crippen molar-refractivity contribution < 1.29 is 14.5 Å². The lowest BCUT2D eigenvalue weighted by Gasteiger charge is -2.17. The molecule has 0 heterocycles. The lowest BCUT2D eigenvalue weighted by molar-refractivity contribution is -0.384. The number of rotatable bonds is 6. The van der Waals surface area contributed by atoms with Gasteiger partial charge in [-0.15, -0.1) is 0 Å². The zero-order valence-electron chi connectivity index (χ0n) is 13.8. The van der Waals surface area contributed by atoms with Gasteiger partial charge in [0.05, 0.1) is 22.8 Å². The number of benzene rings is 2. The van der Waals surface area contributed by atoms with Crippen LogP contribution in [-0.2, 0) is 0 Å². The van der Waals surface area contributed by atoms with Crippen molar-refractivity contribution >= 4 is 23.0 Å². The molecule has 1 N–H and O–H groups in total. The Morgan fingerprint density at radius 1 is 1.25 bits per heavy atom. The smallest absolute Gasteiger partial charge is 0.270 e. The minimum Gasteiger partial charge on any atom is -0.492 e. The van der Waals surface area contributed by atoms with Crippen LogP contribution in [0.3, 0.4) is 0 Å². The number of non-ortho nitro benzene ring substituents is 1. The van der Waals surface area contributed by atoms with Crippen molar-refractivity contribution in [2.75, 3.05) is 30.9 Å². The fourth-order valence-electron chi connectivity index (χ4n) is 2.25. The molecule has 0 aromatic heterocycles. The number of ether oxygens (including phenoxy) is 1. The van der Waals surface area contributed by atoms with Crippen molar-refractivity contribution in [1.82, 2.24) is 0 Å². The van der Waals surface area contributed by atoms with E-state index in [1.807, 2.05) is 6.92 Å². The normalized spacial score (nSPS) is 10.1. The lowest BCUT2D eigenvalue weighted by Crippen LogP contribution is -2.19. The van der Waals surface area contributed by atoms with Crippen LogP contribution in [0.15, 0.2) is 42.5 Å². The Morgan fingerprint density at radius 3 is 2.58 bits per heavy atom. The van der Waals surface area contributed by atoms with Gasteiger partial charge in [-0.05, 0) is 25.1 Å². The van der Waals surface area contributed by atoms with E-state index < -0.39 is 10.8 Å². The van der Waals surface area contributed by atoms with E-state index in [1.54, 1.807) is 49.3 Å². The predicted molar refractivity (Wildman–Crippen MR) is 93.0 cm³/mol. The number of hydrogen-bond donors (Lipinski definition) is 1. The van der Waals surface area contributed by atoms with E-state index in [0.29, 0.717) is 23.7 Å². The second-order valence-corrected chi connectivity index (χ2v) is 5.24. The summed E-state index contributed by atoms with van der Waals surface area (Å²) in [4.78, 5) is 24.9. The molecule has 7 heteroatoms. The third-order valence-electron chi connectivity index (χ3n) is 3.35. The third-order valence-corrected chi connectivity index (χ3v) is 3.35. The molecular formula is C17H19N3O4. The van der Waals surface area contributed by atoms with Gasteiger partial charge in [-0.2, -0.15) is 0 Å². The van der Waals surface area contributed by atoms with Crippen LogP contribution in [0, 0.1) is 10.1 Å². The number of nitro benzene ring substituents is 1. The number of nitro groups is 1. The zero-order valence-corrected chi connectivity index (χ0v) is 13.8. The summed E-state index contributed by atoms with van der Waals surface area (Å²) in [5.41, 5.74) is 1.19. The van der Waals surface area contributed by atoms with Gasteiger partial charge in [-0.25, -0.2) is 0 Å². The monoisotopic (exact) mass is 329 g/mol. The number of anilines is 2. The van der Waals surface area contributed by atoms with E-state index in [0.717, 1.165) is 0 Å². The molecule has 1 amide bonds. The molecule has 0 saturated heterocycles. The van der Waals surface area contributed by atoms with Crippen molar-refractivity contribution in [3.63, 3.8) is 0 Å². The second-order valence-electron chi connectivity index (χ2n) is 5.24. The molecule has 0 saturated carbocycles. The van der Waals surface area contributed by atoms with Crippen molar-refractivity contribution in [2.24, 2.45) is 0 Å². The van der Waals surface area contributed by atoms with Gasteiger partial charge in [-0.3, -0.25) is 14.9 Å². The highest BCUT2D eigenvalue weighted by molar-refractivity contribution is 6.09. The summed E-state index contributed by atoms with van der Waals surface area (Å²) < 4.78 is 5.48. The Balaban J connectivity index is 2.39. The van der Waals surface area contributed by atoms with Crippen molar-refractivity contribution in [3.05, 3.63) is 58.1 Å². The summed E-state index contributed by atoms with van der Waals surface area (Å²) in [7, 11) is 3.54. The van der Waals surface area contributed by atoms with Crippen molar-refractivity contribution in [3.8, 4) is 5.75 Å². The fraction of sp³-hybridized carbons (Fsp3) is 0.235. The standard InChI is InChI=1S/C17H19N3O4/c1-4-24-16-8-6-5-7-14(16)18-17(21)13-11-12(20(22)23)9-10-15(13)19(2)3/h5-11H,4H2,1-3H3,(H,18,21). The van der Waals surface area contributed by atoms with E-state index in [-0.39, 0.29) is 11.3 Å². The van der Waals surface area contributed by atoms with Gasteiger partial charge < -0.3 is 15.0 Å². The van der Waals surface area contributed by atoms with E-state index in [9.17, 15) is 14.9 Å². The van der Waals surface area contributed by atoms with Crippen LogP contribution in [0.4, 0.5) is 17.1 Å². The van der Waals surface area contributed by atoms with E-state index in [1.165, 1.54) is 12.1 Å². The molecule has 0 aliphatic rings. The van der Waals surface area contributed by atoms with Crippen LogP contribution in [0.2, 0.25) is 0 Å². The summed E-state index contributed by atoms with van der Waals surface area (Å²) in [5.74, 6) is 0.111. The van der Waals surface area contributed by atoms with Crippen molar-refractivity contribution in [2.45, 2.75) is 6.92 Å². The first-order chi connectivity index (χ1) is 11.4. The number of para-hydroxylation sites is 2. The maximum Gasteiger partial charge on any atom is 0.270 e. The van der Waals surface area contributed by atoms with Crippen LogP contribution in [-0.4, -0.2) is 31.5 Å². The maximum atomic E-state index is 12.7. The predicted octanol–water partition coefficient (Wildman–Crippen LogP) is 3.31. The van der Waals surface area contributed by atoms with Gasteiger partial charge in [0, 0.05) is 31.9 Å². The van der Waals surface area contributed by atoms with Crippen LogP contribution in [0.25, 0.3) is 0 Å². The molecule has 126 valence electrons. The summed E-state index contributed by atoms with van der Waals surface area (Å²) in [6.07, 6.45) is 0. The Labute approximate surface area is 140 Å². The highest BCUT2D eigenvalue weighted by Crippen LogP contribution is 2.28. The number of carbonyl (C=O) groups excluding carboxylic acids is 1. The summed E-state index contributed by atoms with van der Waals surface area (Å²) >= 11 is 0. The second kappa shape index (κ2) is 7.45. The van der Waals surface area contributed by atoms with E-state index in [2.05, 4.69) is 5.32 Å². The maximum absolute atomic E-state index is 12.7. The molecule has 0 aliphatic carbocycles. The molecule has 2 rings (SSSR count). The highest BCUT2D eigenvalue weighted by atomic mass is 16.6. The van der Waals surface area contributed by atoms with Crippen LogP contribution in [0.1, 0.15) is 17.3 Å². The summed E-state index contributed by atoms with van der Waals surface area (Å²) in [6.45, 7) is 2.32. The average Bonchev–Trinajstić information content (AvgIpc) is 2.56. The number of amides is 1. The Kier molecular flexibility index (Phi) is 5.36. The van der Waals surface area contributed by atoms with Gasteiger partial charge in [0.15, 0.2) is 0 Å². The number of nitrogens with zero attached hydrogens (tertiary/aromatic N) is 2. The first-order valence-electron chi connectivity index (χ1n) is 7.43. The molecule has 2 aromatic carbocycles. The van der Waals surface area contributed by atoms with Gasteiger partial charge in [0.1, 0.15) is 5.75 Å². The summed E-state index contributed by atoms with van der Waals surface area (Å²) in [6, 6.07) is 11.3. The van der Waals surface area contributed by atoms with Gasteiger partial charge >= 0.3 is 0 Å². The van der Waals surface area contributed by atoms with Gasteiger partial charge in [-0.1, -0.05) is 12.1 Å². The molecule has 0 radical (unpaired) electrons. The molecule has 7 nitrogen and oxygen atoms in total. The lowest BCUT2D eigenvalue weighted by atomic mass is 10.1. The molecule has 0 fully saturated rings. The number of hydrogen-bond acceptors (Lipinski definition) is 5. The van der Waals surface area contributed by atoms with E-state index >= 15 is 0 Å². The quantitative estimate of drug-likeness (QED) is 0.649. The molecule has 0 bridgehead atoms. The SMILES string of the molecule is CCOc1ccccc1NC(=O)c1cc([N+](=O)[O-])ccc1N(C)C. The van der Waals surface area contributed by atoms with Crippen LogP contribution < -0.4 is 15.0 Å². The minimum absolute atomic E-state index is 0.135. The zero-order chi connectivity index (χ0) is 17.7. The average molecular weight is 329 g/mol. The topological polar surface area (TPSA) is 84.7 Å². The van der Waals surface area contributed by atoms with Gasteiger partial charge in [0.25, 0.3) is 11.6 Å². The first kappa shape index (κ1) is 17.3. The Morgan fingerprint density at radius 2 is 1.96 bits per heavy atom. The molecule has 2 aromatic rings. The van der Waals surface area contributed by atoms with E-state index in [4.69, 9.17) is 4.74 Å². The Bertz CT molecular complexity index is 759. The van der Waals surface area contributed by atoms with Crippen molar-refractivity contribution in [1.29, 1.82) is 0 Å². The largest absolute Gasteiger partial charge is 0.492 e. The molecule has 0 aliphatic heterocycles. The van der Waals surface area contributed by atoms with Gasteiger partial charge in [0.2, 0.25) is 0 Å². The molecule has 24 heavy (non-hydrogen) atoms. The number of nitrogens with one attached hydrogen (secondary N) is 1. The Hall–Kier alpha value is -3.09. The molecule has 0 spiro atoms. The molecular weight excluding hydrogens is 310 g/mol. The third kappa shape index (κ3) is 3.81. The first-order valence-corrected chi connectivity index (χ1v) is 7.43. The minimum atomic E-state index is -0.523. The van der Waals surface area contributed by atoms with Crippen LogP contribution in [0.5, 0.6) is 5.75 Å². The number of carbonyl (C=O) groups is 1. The summed E-state index contributed by atoms with van der Waals surface area (Å²) in [5, 5.41) is 13.8. The molecule has 0 atom stereocenters.